The molecule has 0 aliphatic heterocycles. The fraction of sp³-hybridized carbons (Fsp3) is 1.00. The molecule has 0 aromatic heterocycles. The summed E-state index contributed by atoms with van der Waals surface area (Å²) >= 11 is 0. The van der Waals surface area contributed by atoms with Crippen molar-refractivity contribution in [2.75, 3.05) is 5.75 Å². The molecule has 0 saturated carbocycles. The summed E-state index contributed by atoms with van der Waals surface area (Å²) in [6.07, 6.45) is 17.6. The molecule has 20 heavy (non-hydrogen) atoms. The van der Waals surface area contributed by atoms with Crippen molar-refractivity contribution in [3.05, 3.63) is 0 Å². The number of hydrogen-bond donors (Lipinski definition) is 0. The molecule has 0 heterocycles. The van der Waals surface area contributed by atoms with E-state index < -0.39 is 10.0 Å². The summed E-state index contributed by atoms with van der Waals surface area (Å²) in [4.78, 5) is 0. The third-order valence-electron chi connectivity index (χ3n) is 3.77. The van der Waals surface area contributed by atoms with Gasteiger partial charge in [-0.1, -0.05) is 90.4 Å². The first-order valence-electron chi connectivity index (χ1n) is 8.53. The third kappa shape index (κ3) is 17.9. The highest BCUT2D eigenvalue weighted by Gasteiger charge is 2.02. The number of hydrogen-bond acceptors (Lipinski definition) is 2. The topological polar surface area (TPSA) is 57.9 Å². The lowest BCUT2D eigenvalue weighted by Crippen LogP contribution is -2.05. The average Bonchev–Trinajstić information content (AvgIpc) is 2.38. The van der Waals surface area contributed by atoms with Crippen LogP contribution in [0.3, 0.4) is 0 Å². The van der Waals surface area contributed by atoms with E-state index in [1.54, 1.807) is 0 Å². The second-order valence-electron chi connectivity index (χ2n) is 5.92. The zero-order valence-corrected chi connectivity index (χ0v) is 14.1. The molecular formula is C16H34NO2S. The van der Waals surface area contributed by atoms with Crippen molar-refractivity contribution >= 4 is 10.0 Å². The zero-order valence-electron chi connectivity index (χ0n) is 13.3. The Morgan fingerprint density at radius 1 is 0.600 bits per heavy atom. The van der Waals surface area contributed by atoms with E-state index in [2.05, 4.69) is 6.92 Å². The highest BCUT2D eigenvalue weighted by Crippen LogP contribution is 2.12. The summed E-state index contributed by atoms with van der Waals surface area (Å²) in [5, 5.41) is 6.77. The first-order chi connectivity index (χ1) is 9.56. The van der Waals surface area contributed by atoms with Crippen LogP contribution in [0.2, 0.25) is 0 Å². The van der Waals surface area contributed by atoms with E-state index in [1.807, 2.05) is 0 Å². The number of sulfonamides is 1. The van der Waals surface area contributed by atoms with Gasteiger partial charge in [0, 0.05) is 0 Å². The normalized spacial score (nSPS) is 11.9. The van der Waals surface area contributed by atoms with Crippen LogP contribution in [-0.2, 0) is 10.0 Å². The van der Waals surface area contributed by atoms with Gasteiger partial charge in [-0.05, 0) is 6.42 Å². The summed E-state index contributed by atoms with van der Waals surface area (Å²) in [5.41, 5.74) is 0. The summed E-state index contributed by atoms with van der Waals surface area (Å²) in [7, 11) is -3.49. The lowest BCUT2D eigenvalue weighted by atomic mass is 10.0. The van der Waals surface area contributed by atoms with E-state index in [4.69, 9.17) is 5.14 Å². The number of unbranched alkanes of at least 4 members (excludes halogenated alkanes) is 13. The van der Waals surface area contributed by atoms with Crippen molar-refractivity contribution < 1.29 is 8.42 Å². The molecule has 0 spiro atoms. The molecule has 1 radical (unpaired) electrons. The summed E-state index contributed by atoms with van der Waals surface area (Å²) < 4.78 is 21.2. The standard InChI is InChI=1S/C16H34NO2S/c1-2-3-4-5-6-7-8-9-10-11-12-13-14-15-16-20(17,18)19/h17H,2-16H2,1H3. The molecule has 0 saturated heterocycles. The molecule has 0 amide bonds. The van der Waals surface area contributed by atoms with E-state index in [1.165, 1.54) is 70.6 Å². The molecule has 0 aromatic rings. The van der Waals surface area contributed by atoms with E-state index in [0.717, 1.165) is 12.8 Å². The van der Waals surface area contributed by atoms with Crippen molar-refractivity contribution in [2.45, 2.75) is 96.8 Å². The molecule has 4 heteroatoms. The third-order valence-corrected chi connectivity index (χ3v) is 4.59. The Hall–Kier alpha value is -0.0900. The van der Waals surface area contributed by atoms with Gasteiger partial charge in [0.2, 0.25) is 10.0 Å². The molecule has 0 unspecified atom stereocenters. The molecule has 0 aromatic carbocycles. The SMILES string of the molecule is CCCCCCCCCCCCCCCCS([NH])(=O)=O. The van der Waals surface area contributed by atoms with Crippen molar-refractivity contribution in [2.24, 2.45) is 0 Å². The monoisotopic (exact) mass is 304 g/mol. The maximum absolute atomic E-state index is 10.6. The molecule has 0 bridgehead atoms. The quantitative estimate of drug-likeness (QED) is 0.396. The Kier molecular flexibility index (Phi) is 13.8. The molecule has 1 N–H and O–H groups in total. The van der Waals surface area contributed by atoms with Crippen LogP contribution in [-0.4, -0.2) is 14.2 Å². The second-order valence-corrected chi connectivity index (χ2v) is 7.55. The molecule has 3 nitrogen and oxygen atoms in total. The predicted octanol–water partition coefficient (Wildman–Crippen LogP) is 5.08. The van der Waals surface area contributed by atoms with Crippen LogP contribution in [0.4, 0.5) is 0 Å². The average molecular weight is 305 g/mol. The lowest BCUT2D eigenvalue weighted by molar-refractivity contribution is 0.537. The summed E-state index contributed by atoms with van der Waals surface area (Å²) in [5.74, 6) is 0.0328. The van der Waals surface area contributed by atoms with E-state index in [-0.39, 0.29) is 5.75 Å². The van der Waals surface area contributed by atoms with Crippen LogP contribution in [0.15, 0.2) is 0 Å². The summed E-state index contributed by atoms with van der Waals surface area (Å²) in [6, 6.07) is 0. The van der Waals surface area contributed by atoms with Crippen LogP contribution in [0, 0.1) is 0 Å². The van der Waals surface area contributed by atoms with Gasteiger partial charge in [0.1, 0.15) is 0 Å². The fourth-order valence-corrected chi connectivity index (χ4v) is 3.07. The Balaban J connectivity index is 3.03. The molecule has 0 atom stereocenters. The Morgan fingerprint density at radius 2 is 0.900 bits per heavy atom. The largest absolute Gasteiger partial charge is 0.225 e. The minimum atomic E-state index is -3.49. The van der Waals surface area contributed by atoms with Crippen LogP contribution >= 0.6 is 0 Å². The van der Waals surface area contributed by atoms with Gasteiger partial charge in [-0.2, -0.15) is 0 Å². The highest BCUT2D eigenvalue weighted by atomic mass is 32.2. The first-order valence-corrected chi connectivity index (χ1v) is 10.2. The maximum Gasteiger partial charge on any atom is 0.225 e. The predicted molar refractivity (Wildman–Crippen MR) is 87.2 cm³/mol. The highest BCUT2D eigenvalue weighted by molar-refractivity contribution is 7.88. The van der Waals surface area contributed by atoms with Gasteiger partial charge in [-0.3, -0.25) is 0 Å². The molecule has 0 rings (SSSR count). The molecule has 0 aliphatic rings. The summed E-state index contributed by atoms with van der Waals surface area (Å²) in [6.45, 7) is 2.26. The molecular weight excluding hydrogens is 270 g/mol. The van der Waals surface area contributed by atoms with Crippen molar-refractivity contribution in [3.63, 3.8) is 0 Å². The van der Waals surface area contributed by atoms with E-state index in [0.29, 0.717) is 6.42 Å². The van der Waals surface area contributed by atoms with Gasteiger partial charge in [0.05, 0.1) is 5.75 Å². The first kappa shape index (κ1) is 19.9. The van der Waals surface area contributed by atoms with Crippen LogP contribution in [0.5, 0.6) is 0 Å². The van der Waals surface area contributed by atoms with Crippen molar-refractivity contribution in [1.82, 2.24) is 5.14 Å². The van der Waals surface area contributed by atoms with Gasteiger partial charge >= 0.3 is 0 Å². The Bertz CT molecular complexity index is 289. The minimum Gasteiger partial charge on any atom is -0.211 e. The van der Waals surface area contributed by atoms with Gasteiger partial charge in [0.15, 0.2) is 0 Å². The Morgan fingerprint density at radius 3 is 1.20 bits per heavy atom. The van der Waals surface area contributed by atoms with E-state index >= 15 is 0 Å². The Labute approximate surface area is 126 Å². The van der Waals surface area contributed by atoms with Gasteiger partial charge in [-0.15, -0.1) is 5.14 Å². The maximum atomic E-state index is 10.6. The molecule has 0 fully saturated rings. The number of rotatable bonds is 15. The minimum absolute atomic E-state index is 0.0328. The van der Waals surface area contributed by atoms with Crippen LogP contribution < -0.4 is 5.14 Å². The van der Waals surface area contributed by atoms with Crippen molar-refractivity contribution in [3.8, 4) is 0 Å². The fourth-order valence-electron chi connectivity index (χ4n) is 2.49. The van der Waals surface area contributed by atoms with Gasteiger partial charge in [0.25, 0.3) is 0 Å². The second kappa shape index (κ2) is 13.9. The van der Waals surface area contributed by atoms with Crippen molar-refractivity contribution in [1.29, 1.82) is 0 Å². The smallest absolute Gasteiger partial charge is 0.211 e. The molecule has 0 aliphatic carbocycles. The van der Waals surface area contributed by atoms with Crippen LogP contribution in [0.25, 0.3) is 0 Å². The lowest BCUT2D eigenvalue weighted by Gasteiger charge is -2.03. The number of nitrogens with one attached hydrogen (secondary N) is 1. The van der Waals surface area contributed by atoms with Gasteiger partial charge in [-0.25, -0.2) is 8.42 Å². The van der Waals surface area contributed by atoms with E-state index in [9.17, 15) is 8.42 Å². The van der Waals surface area contributed by atoms with Gasteiger partial charge < -0.3 is 0 Å². The zero-order chi connectivity index (χ0) is 15.1. The van der Waals surface area contributed by atoms with Crippen LogP contribution in [0.1, 0.15) is 96.8 Å². The molecule has 121 valence electrons.